The van der Waals surface area contributed by atoms with Gasteiger partial charge in [-0.1, -0.05) is 29.8 Å². The fraction of sp³-hybridized carbons (Fsp3) is 0.100. The average molecular weight is 415 g/mol. The largest absolute Gasteiger partial charge is 0.480 e. The molecule has 1 aliphatic heterocycles. The van der Waals surface area contributed by atoms with E-state index >= 15 is 0 Å². The predicted octanol–water partition coefficient (Wildman–Crippen LogP) is 2.78. The number of carbonyl (C=O) groups excluding carboxylic acids is 3. The Morgan fingerprint density at radius 3 is 2.62 bits per heavy atom. The highest BCUT2D eigenvalue weighted by Gasteiger charge is 2.36. The third-order valence-corrected chi connectivity index (χ3v) is 4.27. The number of carboxylic acids is 1. The number of urea groups is 1. The molecule has 1 fully saturated rings. The number of rotatable bonds is 5. The van der Waals surface area contributed by atoms with Gasteiger partial charge in [0.1, 0.15) is 11.3 Å². The molecule has 9 heteroatoms. The van der Waals surface area contributed by atoms with Crippen molar-refractivity contribution in [1.82, 2.24) is 5.32 Å². The number of imide groups is 2. The standard InChI is InChI=1S/C20H15ClN2O6/c1-11-3-2-4-13(7-11)23-19(27)14(18(26)22-20(23)28)8-12-5-6-16(15(21)9-12)29-10-17(24)25/h2-9H,10H2,1H3,(H,24,25)(H,22,26,28)/b14-8-. The molecule has 148 valence electrons. The smallest absolute Gasteiger partial charge is 0.341 e. The lowest BCUT2D eigenvalue weighted by molar-refractivity contribution is -0.139. The first-order chi connectivity index (χ1) is 13.8. The molecule has 4 amide bonds. The Kier molecular flexibility index (Phi) is 5.65. The summed E-state index contributed by atoms with van der Waals surface area (Å²) in [5, 5.41) is 10.9. The minimum absolute atomic E-state index is 0.107. The molecule has 0 saturated carbocycles. The lowest BCUT2D eigenvalue weighted by atomic mass is 10.1. The Balaban J connectivity index is 1.92. The first kappa shape index (κ1) is 20.1. The molecule has 2 aromatic carbocycles. The molecule has 0 aliphatic carbocycles. The number of anilines is 1. The average Bonchev–Trinajstić information content (AvgIpc) is 2.64. The van der Waals surface area contributed by atoms with E-state index in [1.807, 2.05) is 13.0 Å². The molecule has 3 rings (SSSR count). The summed E-state index contributed by atoms with van der Waals surface area (Å²) < 4.78 is 5.03. The van der Waals surface area contributed by atoms with Crippen LogP contribution < -0.4 is 15.0 Å². The van der Waals surface area contributed by atoms with Crippen molar-refractivity contribution in [2.45, 2.75) is 6.92 Å². The molecule has 1 saturated heterocycles. The number of hydrogen-bond donors (Lipinski definition) is 2. The Hall–Kier alpha value is -3.65. The lowest BCUT2D eigenvalue weighted by Gasteiger charge is -2.26. The van der Waals surface area contributed by atoms with Crippen molar-refractivity contribution in [3.8, 4) is 5.75 Å². The molecule has 2 N–H and O–H groups in total. The number of aliphatic carboxylic acids is 1. The first-order valence-electron chi connectivity index (χ1n) is 8.38. The van der Waals surface area contributed by atoms with Gasteiger partial charge in [0.05, 0.1) is 10.7 Å². The van der Waals surface area contributed by atoms with Gasteiger partial charge in [0.15, 0.2) is 6.61 Å². The number of carboxylic acid groups (broad SMARTS) is 1. The summed E-state index contributed by atoms with van der Waals surface area (Å²) in [5.41, 5.74) is 1.33. The fourth-order valence-electron chi connectivity index (χ4n) is 2.69. The highest BCUT2D eigenvalue weighted by molar-refractivity contribution is 6.39. The Morgan fingerprint density at radius 1 is 1.21 bits per heavy atom. The van der Waals surface area contributed by atoms with Gasteiger partial charge in [-0.15, -0.1) is 0 Å². The molecular formula is C20H15ClN2O6. The van der Waals surface area contributed by atoms with Gasteiger partial charge >= 0.3 is 12.0 Å². The van der Waals surface area contributed by atoms with E-state index in [-0.39, 0.29) is 16.3 Å². The van der Waals surface area contributed by atoms with Gasteiger partial charge in [0.25, 0.3) is 11.8 Å². The number of ether oxygens (including phenoxy) is 1. The number of nitrogens with zero attached hydrogens (tertiary/aromatic N) is 1. The van der Waals surface area contributed by atoms with Crippen LogP contribution in [0.15, 0.2) is 48.0 Å². The van der Waals surface area contributed by atoms with Crippen LogP contribution in [0.5, 0.6) is 5.75 Å². The van der Waals surface area contributed by atoms with Crippen LogP contribution >= 0.6 is 11.6 Å². The van der Waals surface area contributed by atoms with Crippen molar-refractivity contribution in [3.05, 3.63) is 64.2 Å². The normalized spacial score (nSPS) is 15.4. The highest BCUT2D eigenvalue weighted by Crippen LogP contribution is 2.28. The second-order valence-electron chi connectivity index (χ2n) is 6.17. The molecule has 1 heterocycles. The van der Waals surface area contributed by atoms with Crippen LogP contribution in [0.25, 0.3) is 6.08 Å². The van der Waals surface area contributed by atoms with Crippen LogP contribution in [0.2, 0.25) is 5.02 Å². The molecule has 0 unspecified atom stereocenters. The van der Waals surface area contributed by atoms with E-state index in [4.69, 9.17) is 21.4 Å². The maximum Gasteiger partial charge on any atom is 0.341 e. The van der Waals surface area contributed by atoms with Gasteiger partial charge in [-0.05, 0) is 48.4 Å². The Morgan fingerprint density at radius 2 is 1.97 bits per heavy atom. The lowest BCUT2D eigenvalue weighted by Crippen LogP contribution is -2.54. The maximum atomic E-state index is 12.8. The van der Waals surface area contributed by atoms with E-state index in [9.17, 15) is 19.2 Å². The van der Waals surface area contributed by atoms with Crippen molar-refractivity contribution >= 4 is 47.2 Å². The monoisotopic (exact) mass is 414 g/mol. The van der Waals surface area contributed by atoms with Crippen LogP contribution in [0, 0.1) is 6.92 Å². The molecule has 0 spiro atoms. The number of benzene rings is 2. The summed E-state index contributed by atoms with van der Waals surface area (Å²) >= 11 is 6.07. The van der Waals surface area contributed by atoms with Crippen LogP contribution in [0.4, 0.5) is 10.5 Å². The topological polar surface area (TPSA) is 113 Å². The second kappa shape index (κ2) is 8.15. The molecule has 29 heavy (non-hydrogen) atoms. The van der Waals surface area contributed by atoms with Crippen molar-refractivity contribution < 1.29 is 29.0 Å². The Labute approximate surface area is 170 Å². The molecule has 2 aromatic rings. The van der Waals surface area contributed by atoms with Gasteiger partial charge < -0.3 is 9.84 Å². The van der Waals surface area contributed by atoms with Crippen LogP contribution in [-0.4, -0.2) is 35.5 Å². The number of aryl methyl sites for hydroxylation is 1. The molecule has 0 bridgehead atoms. The summed E-state index contributed by atoms with van der Waals surface area (Å²) in [5.74, 6) is -2.61. The number of hydrogen-bond acceptors (Lipinski definition) is 5. The van der Waals surface area contributed by atoms with Crippen molar-refractivity contribution in [3.63, 3.8) is 0 Å². The molecule has 1 aliphatic rings. The van der Waals surface area contributed by atoms with E-state index in [0.717, 1.165) is 10.5 Å². The van der Waals surface area contributed by atoms with Gasteiger partial charge in [-0.3, -0.25) is 14.9 Å². The zero-order valence-electron chi connectivity index (χ0n) is 15.1. The molecule has 0 atom stereocenters. The Bertz CT molecular complexity index is 1060. The predicted molar refractivity (Wildman–Crippen MR) is 105 cm³/mol. The number of nitrogens with one attached hydrogen (secondary N) is 1. The second-order valence-corrected chi connectivity index (χ2v) is 6.58. The maximum absolute atomic E-state index is 12.8. The third kappa shape index (κ3) is 4.44. The van der Waals surface area contributed by atoms with Gasteiger partial charge in [0.2, 0.25) is 0 Å². The van der Waals surface area contributed by atoms with Crippen LogP contribution in [0.1, 0.15) is 11.1 Å². The highest BCUT2D eigenvalue weighted by atomic mass is 35.5. The van der Waals surface area contributed by atoms with E-state index in [1.54, 1.807) is 18.2 Å². The minimum Gasteiger partial charge on any atom is -0.480 e. The molecule has 8 nitrogen and oxygen atoms in total. The van der Waals surface area contributed by atoms with Crippen LogP contribution in [-0.2, 0) is 14.4 Å². The minimum atomic E-state index is -1.15. The van der Waals surface area contributed by atoms with E-state index in [2.05, 4.69) is 5.32 Å². The van der Waals surface area contributed by atoms with E-state index < -0.39 is 30.4 Å². The summed E-state index contributed by atoms with van der Waals surface area (Å²) in [6, 6.07) is 10.3. The summed E-state index contributed by atoms with van der Waals surface area (Å²) in [7, 11) is 0. The van der Waals surface area contributed by atoms with Gasteiger partial charge in [-0.25, -0.2) is 14.5 Å². The quantitative estimate of drug-likeness (QED) is 0.574. The van der Waals surface area contributed by atoms with Crippen molar-refractivity contribution in [2.24, 2.45) is 0 Å². The number of carbonyl (C=O) groups is 4. The number of amides is 4. The van der Waals surface area contributed by atoms with E-state index in [0.29, 0.717) is 11.3 Å². The van der Waals surface area contributed by atoms with Gasteiger partial charge in [-0.2, -0.15) is 0 Å². The summed E-state index contributed by atoms with van der Waals surface area (Å²) in [6.45, 7) is 1.25. The fourth-order valence-corrected chi connectivity index (χ4v) is 2.93. The molecule has 0 aromatic heterocycles. The summed E-state index contributed by atoms with van der Waals surface area (Å²) in [6.07, 6.45) is 1.29. The summed E-state index contributed by atoms with van der Waals surface area (Å²) in [4.78, 5) is 48.7. The SMILES string of the molecule is Cc1cccc(N2C(=O)NC(=O)/C(=C/c3ccc(OCC(=O)O)c(Cl)c3)C2=O)c1. The van der Waals surface area contributed by atoms with Gasteiger partial charge in [0, 0.05) is 0 Å². The van der Waals surface area contributed by atoms with Crippen LogP contribution in [0.3, 0.4) is 0 Å². The molecular weight excluding hydrogens is 400 g/mol. The number of barbiturate groups is 1. The zero-order valence-corrected chi connectivity index (χ0v) is 15.9. The van der Waals surface area contributed by atoms with Crippen molar-refractivity contribution in [2.75, 3.05) is 11.5 Å². The number of halogens is 1. The van der Waals surface area contributed by atoms with Crippen molar-refractivity contribution in [1.29, 1.82) is 0 Å². The first-order valence-corrected chi connectivity index (χ1v) is 8.76. The van der Waals surface area contributed by atoms with E-state index in [1.165, 1.54) is 24.3 Å². The third-order valence-electron chi connectivity index (χ3n) is 3.98. The molecule has 0 radical (unpaired) electrons. The zero-order chi connectivity index (χ0) is 21.1.